The van der Waals surface area contributed by atoms with Crippen LogP contribution in [0.5, 0.6) is 11.5 Å². The van der Waals surface area contributed by atoms with Crippen LogP contribution >= 0.6 is 12.4 Å². The predicted octanol–water partition coefficient (Wildman–Crippen LogP) is 1.60. The van der Waals surface area contributed by atoms with Crippen LogP contribution in [0.1, 0.15) is 23.2 Å². The van der Waals surface area contributed by atoms with Crippen LogP contribution in [0, 0.1) is 10.1 Å². The number of hydrogen-bond acceptors (Lipinski definition) is 6. The van der Waals surface area contributed by atoms with Crippen LogP contribution in [0.25, 0.3) is 0 Å². The molecule has 128 valence electrons. The Morgan fingerprint density at radius 3 is 2.48 bits per heavy atom. The molecule has 0 unspecified atom stereocenters. The van der Waals surface area contributed by atoms with Gasteiger partial charge in [0.15, 0.2) is 11.5 Å². The number of nitrogens with zero attached hydrogens (tertiary/aromatic N) is 2. The second kappa shape index (κ2) is 7.98. The van der Waals surface area contributed by atoms with E-state index in [1.54, 1.807) is 4.90 Å². The zero-order chi connectivity index (χ0) is 16.3. The van der Waals surface area contributed by atoms with Gasteiger partial charge in [-0.2, -0.15) is 0 Å². The Labute approximate surface area is 140 Å². The number of carbonyl (C=O) groups is 1. The van der Waals surface area contributed by atoms with Gasteiger partial charge >= 0.3 is 0 Å². The van der Waals surface area contributed by atoms with Gasteiger partial charge in [-0.05, 0) is 12.8 Å². The third kappa shape index (κ3) is 4.02. The van der Waals surface area contributed by atoms with Gasteiger partial charge in [0.2, 0.25) is 0 Å². The van der Waals surface area contributed by atoms with Gasteiger partial charge in [-0.15, -0.1) is 12.4 Å². The number of nitrogens with two attached hydrogens (primary N) is 1. The van der Waals surface area contributed by atoms with Crippen LogP contribution in [0.2, 0.25) is 0 Å². The second-order valence-electron chi connectivity index (χ2n) is 5.13. The highest BCUT2D eigenvalue weighted by molar-refractivity contribution is 5.99. The number of carbonyl (C=O) groups excluding carboxylic acids is 1. The number of halogens is 1. The molecule has 1 atom stereocenters. The van der Waals surface area contributed by atoms with Crippen molar-refractivity contribution in [1.82, 2.24) is 4.90 Å². The topological polar surface area (TPSA) is 108 Å². The summed E-state index contributed by atoms with van der Waals surface area (Å²) in [6, 6.07) is 2.45. The highest BCUT2D eigenvalue weighted by Gasteiger charge is 2.30. The van der Waals surface area contributed by atoms with Crippen molar-refractivity contribution in [1.29, 1.82) is 0 Å². The molecule has 1 aromatic rings. The summed E-state index contributed by atoms with van der Waals surface area (Å²) in [6.45, 7) is 0.933. The van der Waals surface area contributed by atoms with Crippen LogP contribution in [0.15, 0.2) is 12.1 Å². The fraction of sp³-hybridized carbons (Fsp3) is 0.500. The first kappa shape index (κ1) is 19.0. The van der Waals surface area contributed by atoms with Gasteiger partial charge in [0, 0.05) is 25.2 Å². The van der Waals surface area contributed by atoms with E-state index in [4.69, 9.17) is 15.2 Å². The van der Waals surface area contributed by atoms with Crippen LogP contribution in [0.3, 0.4) is 0 Å². The first-order valence-corrected chi connectivity index (χ1v) is 6.93. The van der Waals surface area contributed by atoms with Gasteiger partial charge in [0.05, 0.1) is 25.2 Å². The highest BCUT2D eigenvalue weighted by Crippen LogP contribution is 2.35. The smallest absolute Gasteiger partial charge is 0.286 e. The summed E-state index contributed by atoms with van der Waals surface area (Å²) >= 11 is 0. The molecule has 9 heteroatoms. The van der Waals surface area contributed by atoms with E-state index in [0.717, 1.165) is 12.8 Å². The van der Waals surface area contributed by atoms with Crippen molar-refractivity contribution >= 4 is 24.0 Å². The van der Waals surface area contributed by atoms with E-state index in [2.05, 4.69) is 0 Å². The molecule has 1 saturated heterocycles. The number of piperidine rings is 1. The molecule has 0 saturated carbocycles. The molecule has 1 amide bonds. The van der Waals surface area contributed by atoms with E-state index in [0.29, 0.717) is 13.1 Å². The molecule has 0 radical (unpaired) electrons. The van der Waals surface area contributed by atoms with Crippen molar-refractivity contribution in [2.75, 3.05) is 27.3 Å². The number of benzene rings is 1. The number of amides is 1. The highest BCUT2D eigenvalue weighted by atomic mass is 35.5. The third-order valence-electron chi connectivity index (χ3n) is 3.67. The zero-order valence-corrected chi connectivity index (χ0v) is 13.8. The van der Waals surface area contributed by atoms with E-state index in [1.807, 2.05) is 0 Å². The van der Waals surface area contributed by atoms with Crippen LogP contribution in [0.4, 0.5) is 5.69 Å². The van der Waals surface area contributed by atoms with E-state index in [9.17, 15) is 14.9 Å². The lowest BCUT2D eigenvalue weighted by atomic mass is 10.0. The standard InChI is InChI=1S/C14H19N3O5.ClH/c1-21-12-6-10(11(17(19)20)7-13(12)22-2)14(18)16-5-3-4-9(15)8-16;/h6-7,9H,3-5,8,15H2,1-2H3;1H/t9-;/m1./s1. The minimum atomic E-state index is -0.598. The van der Waals surface area contributed by atoms with Crippen molar-refractivity contribution < 1.29 is 19.2 Å². The summed E-state index contributed by atoms with van der Waals surface area (Å²) in [5.41, 5.74) is 5.55. The lowest BCUT2D eigenvalue weighted by molar-refractivity contribution is -0.385. The first-order valence-electron chi connectivity index (χ1n) is 6.93. The van der Waals surface area contributed by atoms with Gasteiger partial charge in [-0.25, -0.2) is 0 Å². The van der Waals surface area contributed by atoms with E-state index in [1.165, 1.54) is 26.4 Å². The Morgan fingerprint density at radius 2 is 1.96 bits per heavy atom. The van der Waals surface area contributed by atoms with Gasteiger partial charge in [-0.3, -0.25) is 14.9 Å². The first-order chi connectivity index (χ1) is 10.5. The van der Waals surface area contributed by atoms with Gasteiger partial charge in [-0.1, -0.05) is 0 Å². The van der Waals surface area contributed by atoms with E-state index < -0.39 is 10.8 Å². The van der Waals surface area contributed by atoms with Crippen molar-refractivity contribution in [3.63, 3.8) is 0 Å². The quantitative estimate of drug-likeness (QED) is 0.656. The molecule has 1 aliphatic heterocycles. The minimum Gasteiger partial charge on any atom is -0.493 e. The van der Waals surface area contributed by atoms with Gasteiger partial charge < -0.3 is 20.1 Å². The monoisotopic (exact) mass is 345 g/mol. The molecule has 1 heterocycles. The summed E-state index contributed by atoms with van der Waals surface area (Å²) in [6.07, 6.45) is 1.63. The number of nitro benzene ring substituents is 1. The van der Waals surface area contributed by atoms with Crippen molar-refractivity contribution in [2.24, 2.45) is 5.73 Å². The fourth-order valence-electron chi connectivity index (χ4n) is 2.56. The van der Waals surface area contributed by atoms with E-state index in [-0.39, 0.29) is 41.2 Å². The molecule has 0 aromatic heterocycles. The number of ether oxygens (including phenoxy) is 2. The van der Waals surface area contributed by atoms with Gasteiger partial charge in [0.1, 0.15) is 5.56 Å². The Balaban J connectivity index is 0.00000264. The number of hydrogen-bond donors (Lipinski definition) is 1. The van der Waals surface area contributed by atoms with Crippen molar-refractivity contribution in [3.05, 3.63) is 27.8 Å². The Morgan fingerprint density at radius 1 is 1.35 bits per heavy atom. The molecular weight excluding hydrogens is 326 g/mol. The summed E-state index contributed by atoms with van der Waals surface area (Å²) in [4.78, 5) is 24.8. The second-order valence-corrected chi connectivity index (χ2v) is 5.13. The summed E-state index contributed by atoms with van der Waals surface area (Å²) in [5, 5.41) is 11.3. The molecule has 0 spiro atoms. The maximum atomic E-state index is 12.6. The molecule has 2 N–H and O–H groups in total. The number of likely N-dealkylation sites (tertiary alicyclic amines) is 1. The largest absolute Gasteiger partial charge is 0.493 e. The summed E-state index contributed by atoms with van der Waals surface area (Å²) < 4.78 is 10.2. The maximum Gasteiger partial charge on any atom is 0.286 e. The number of rotatable bonds is 4. The molecule has 1 aliphatic rings. The number of nitro groups is 1. The lowest BCUT2D eigenvalue weighted by Crippen LogP contribution is -2.45. The van der Waals surface area contributed by atoms with Crippen LogP contribution < -0.4 is 15.2 Å². The normalized spacial score (nSPS) is 17.2. The van der Waals surface area contributed by atoms with Crippen molar-refractivity contribution in [2.45, 2.75) is 18.9 Å². The molecule has 1 fully saturated rings. The Kier molecular flexibility index (Phi) is 6.59. The summed E-state index contributed by atoms with van der Waals surface area (Å²) in [5.74, 6) is 0.0710. The Bertz CT molecular complexity index is 596. The predicted molar refractivity (Wildman–Crippen MR) is 86.6 cm³/mol. The molecule has 2 rings (SSSR count). The summed E-state index contributed by atoms with van der Waals surface area (Å²) in [7, 11) is 2.79. The van der Waals surface area contributed by atoms with E-state index >= 15 is 0 Å². The minimum absolute atomic E-state index is 0. The average molecular weight is 346 g/mol. The van der Waals surface area contributed by atoms with Crippen LogP contribution in [-0.4, -0.2) is 49.1 Å². The molecule has 23 heavy (non-hydrogen) atoms. The number of methoxy groups -OCH3 is 2. The van der Waals surface area contributed by atoms with Crippen LogP contribution in [-0.2, 0) is 0 Å². The maximum absolute atomic E-state index is 12.6. The molecule has 0 bridgehead atoms. The molecule has 0 aliphatic carbocycles. The molecule has 1 aromatic carbocycles. The van der Waals surface area contributed by atoms with Gasteiger partial charge in [0.25, 0.3) is 11.6 Å². The molecule has 8 nitrogen and oxygen atoms in total. The third-order valence-corrected chi connectivity index (χ3v) is 3.67. The zero-order valence-electron chi connectivity index (χ0n) is 13.0. The lowest BCUT2D eigenvalue weighted by Gasteiger charge is -2.30. The van der Waals surface area contributed by atoms with Crippen molar-refractivity contribution in [3.8, 4) is 11.5 Å². The average Bonchev–Trinajstić information content (AvgIpc) is 2.52. The fourth-order valence-corrected chi connectivity index (χ4v) is 2.56. The SMILES string of the molecule is COc1cc(C(=O)N2CCC[C@@H](N)C2)c([N+](=O)[O-])cc1OC.Cl. The molecular formula is C14H20ClN3O5. The Hall–Kier alpha value is -2.06.